The number of nitrogens with zero attached hydrogens (tertiary/aromatic N) is 6. The van der Waals surface area contributed by atoms with Crippen LogP contribution in [0.5, 0.6) is 0 Å². The Kier molecular flexibility index (Phi) is 10.5. The van der Waals surface area contributed by atoms with Gasteiger partial charge in [-0.25, -0.2) is 23.7 Å². The molecule has 3 aromatic rings. The number of hydrogen-bond donors (Lipinski definition) is 1. The SMILES string of the molecule is CC1CCCCC1.Cc1nc(N2CCOCC2)cc(-n2c(C(F)F)nc3ccccc32)n1.O=C1CCCN1S. The molecule has 0 radical (unpaired) electrons. The minimum atomic E-state index is -2.70. The molecule has 2 aromatic heterocycles. The first-order chi connectivity index (χ1) is 18.8. The molecule has 0 unspecified atom stereocenters. The molecule has 0 atom stereocenters. The Morgan fingerprint density at radius 3 is 2.23 bits per heavy atom. The van der Waals surface area contributed by atoms with Crippen LogP contribution in [-0.4, -0.2) is 62.6 Å². The van der Waals surface area contributed by atoms with E-state index in [-0.39, 0.29) is 11.7 Å². The Morgan fingerprint density at radius 1 is 0.974 bits per heavy atom. The van der Waals surface area contributed by atoms with Crippen molar-refractivity contribution in [2.45, 2.75) is 65.2 Å². The van der Waals surface area contributed by atoms with E-state index >= 15 is 0 Å². The number of thiol groups is 1. The van der Waals surface area contributed by atoms with Gasteiger partial charge >= 0.3 is 0 Å². The van der Waals surface area contributed by atoms with E-state index in [1.54, 1.807) is 37.3 Å². The molecule has 3 aliphatic rings. The fourth-order valence-electron chi connectivity index (χ4n) is 4.98. The van der Waals surface area contributed by atoms with Crippen molar-refractivity contribution in [3.63, 3.8) is 0 Å². The first-order valence-corrected chi connectivity index (χ1v) is 14.2. The summed E-state index contributed by atoms with van der Waals surface area (Å²) in [6, 6.07) is 8.79. The summed E-state index contributed by atoms with van der Waals surface area (Å²) in [4.78, 5) is 25.4. The molecule has 0 bridgehead atoms. The fraction of sp³-hybridized carbons (Fsp3) is 0.571. The predicted molar refractivity (Wildman–Crippen MR) is 152 cm³/mol. The topological polar surface area (TPSA) is 76.4 Å². The highest BCUT2D eigenvalue weighted by Crippen LogP contribution is 2.28. The second kappa shape index (κ2) is 14.0. The molecule has 0 spiro atoms. The van der Waals surface area contributed by atoms with Crippen LogP contribution in [0.4, 0.5) is 14.6 Å². The summed E-state index contributed by atoms with van der Waals surface area (Å²) in [6.45, 7) is 7.60. The maximum absolute atomic E-state index is 13.6. The predicted octanol–water partition coefficient (Wildman–Crippen LogP) is 5.94. The Balaban J connectivity index is 0.000000205. The number of halogens is 2. The number of rotatable bonds is 3. The van der Waals surface area contributed by atoms with Crippen LogP contribution >= 0.6 is 12.8 Å². The normalized spacial score (nSPS) is 18.2. The lowest BCUT2D eigenvalue weighted by Crippen LogP contribution is -2.37. The second-order valence-corrected chi connectivity index (χ2v) is 10.7. The molecule has 8 nitrogen and oxygen atoms in total. The van der Waals surface area contributed by atoms with Gasteiger partial charge in [0.05, 0.1) is 24.2 Å². The lowest BCUT2D eigenvalue weighted by molar-refractivity contribution is -0.123. The highest BCUT2D eigenvalue weighted by atomic mass is 32.1. The average Bonchev–Trinajstić information content (AvgIpc) is 3.52. The number of fused-ring (bicyclic) bond motifs is 1. The maximum atomic E-state index is 13.6. The minimum Gasteiger partial charge on any atom is -0.378 e. The van der Waals surface area contributed by atoms with E-state index in [4.69, 9.17) is 4.74 Å². The molecular weight excluding hydrogens is 522 g/mol. The zero-order valence-corrected chi connectivity index (χ0v) is 23.6. The van der Waals surface area contributed by atoms with E-state index in [0.29, 0.717) is 61.2 Å². The van der Waals surface area contributed by atoms with Crippen LogP contribution in [0, 0.1) is 12.8 Å². The van der Waals surface area contributed by atoms with Crippen molar-refractivity contribution < 1.29 is 18.3 Å². The number of ether oxygens (including phenoxy) is 1. The highest BCUT2D eigenvalue weighted by molar-refractivity contribution is 7.78. The van der Waals surface area contributed by atoms with Gasteiger partial charge in [-0.3, -0.25) is 13.7 Å². The number of para-hydroxylation sites is 2. The Morgan fingerprint density at radius 2 is 1.67 bits per heavy atom. The first kappa shape index (κ1) is 29.2. The van der Waals surface area contributed by atoms with Crippen molar-refractivity contribution in [1.82, 2.24) is 23.8 Å². The number of morpholine rings is 1. The van der Waals surface area contributed by atoms with Gasteiger partial charge < -0.3 is 9.64 Å². The molecule has 3 fully saturated rings. The molecule has 212 valence electrons. The Hall–Kier alpha value is -2.79. The van der Waals surface area contributed by atoms with E-state index in [2.05, 4.69) is 39.6 Å². The molecule has 1 amide bonds. The van der Waals surface area contributed by atoms with E-state index in [9.17, 15) is 13.6 Å². The number of anilines is 1. The largest absolute Gasteiger partial charge is 0.378 e. The van der Waals surface area contributed by atoms with Gasteiger partial charge in [0.1, 0.15) is 17.5 Å². The number of hydrogen-bond acceptors (Lipinski definition) is 7. The molecule has 1 aromatic carbocycles. The van der Waals surface area contributed by atoms with Gasteiger partial charge in [-0.1, -0.05) is 64.0 Å². The number of aryl methyl sites for hydroxylation is 1. The summed E-state index contributed by atoms with van der Waals surface area (Å²) in [5, 5.41) is 0. The molecule has 4 heterocycles. The second-order valence-electron chi connectivity index (χ2n) is 10.2. The first-order valence-electron chi connectivity index (χ1n) is 13.8. The number of benzene rings is 1. The van der Waals surface area contributed by atoms with Crippen LogP contribution in [-0.2, 0) is 9.53 Å². The van der Waals surface area contributed by atoms with E-state index in [1.807, 2.05) is 0 Å². The van der Waals surface area contributed by atoms with Crippen LogP contribution in [0.1, 0.15) is 69.9 Å². The zero-order valence-electron chi connectivity index (χ0n) is 22.7. The van der Waals surface area contributed by atoms with E-state index < -0.39 is 6.43 Å². The lowest BCUT2D eigenvalue weighted by atomic mass is 9.91. The molecule has 2 saturated heterocycles. The third-order valence-corrected chi connectivity index (χ3v) is 7.52. The summed E-state index contributed by atoms with van der Waals surface area (Å²) < 4.78 is 35.3. The van der Waals surface area contributed by atoms with Crippen LogP contribution in [0.25, 0.3) is 16.9 Å². The summed E-state index contributed by atoms with van der Waals surface area (Å²) in [6.07, 6.45) is 6.40. The molecule has 39 heavy (non-hydrogen) atoms. The van der Waals surface area contributed by atoms with Crippen molar-refractivity contribution in [1.29, 1.82) is 0 Å². The molecule has 0 N–H and O–H groups in total. The molecular formula is C28H38F2N6O2S. The van der Waals surface area contributed by atoms with Gasteiger partial charge in [0.2, 0.25) is 5.91 Å². The molecule has 2 aliphatic heterocycles. The molecule has 6 rings (SSSR count). The fourth-order valence-corrected chi connectivity index (χ4v) is 5.22. The van der Waals surface area contributed by atoms with Crippen LogP contribution in [0.3, 0.4) is 0 Å². The lowest BCUT2D eigenvalue weighted by Gasteiger charge is -2.28. The summed E-state index contributed by atoms with van der Waals surface area (Å²) in [5.74, 6) is 2.52. The maximum Gasteiger partial charge on any atom is 0.296 e. The number of aromatic nitrogens is 4. The van der Waals surface area contributed by atoms with Crippen LogP contribution in [0.2, 0.25) is 0 Å². The summed E-state index contributed by atoms with van der Waals surface area (Å²) in [7, 11) is 0. The third-order valence-electron chi connectivity index (χ3n) is 7.10. The monoisotopic (exact) mass is 560 g/mol. The Bertz CT molecular complexity index is 1230. The summed E-state index contributed by atoms with van der Waals surface area (Å²) >= 11 is 3.87. The molecule has 1 saturated carbocycles. The number of alkyl halides is 2. The molecule has 11 heteroatoms. The highest BCUT2D eigenvalue weighted by Gasteiger charge is 2.22. The Labute approximate surface area is 234 Å². The van der Waals surface area contributed by atoms with Crippen molar-refractivity contribution in [3.8, 4) is 5.82 Å². The van der Waals surface area contributed by atoms with Gasteiger partial charge in [-0.2, -0.15) is 0 Å². The molecule has 1 aliphatic carbocycles. The number of imidazole rings is 1. The standard InChI is InChI=1S/C17H17F2N5O.C7H14.C4H7NOS/c1-11-20-14(23-6-8-25-9-7-23)10-15(21-11)24-13-5-3-2-4-12(13)22-17(24)16(18)19;1-7-5-3-2-4-6-7;6-4-2-1-3-5(4)7/h2-5,10,16H,6-9H2,1H3;7H,2-6H2,1H3;7H,1-3H2. The van der Waals surface area contributed by atoms with Gasteiger partial charge in [0.25, 0.3) is 6.43 Å². The van der Waals surface area contributed by atoms with Gasteiger partial charge in [-0.05, 0) is 31.4 Å². The van der Waals surface area contributed by atoms with Gasteiger partial charge in [0.15, 0.2) is 5.82 Å². The number of amides is 1. The van der Waals surface area contributed by atoms with Crippen LogP contribution in [0.15, 0.2) is 30.3 Å². The van der Waals surface area contributed by atoms with E-state index in [0.717, 1.165) is 18.9 Å². The number of carbonyl (C=O) groups is 1. The van der Waals surface area contributed by atoms with Crippen molar-refractivity contribution in [3.05, 3.63) is 42.0 Å². The van der Waals surface area contributed by atoms with Gasteiger partial charge in [-0.15, -0.1) is 0 Å². The van der Waals surface area contributed by atoms with Crippen molar-refractivity contribution in [2.24, 2.45) is 5.92 Å². The average molecular weight is 561 g/mol. The minimum absolute atomic E-state index is 0.156. The quantitative estimate of drug-likeness (QED) is 0.400. The van der Waals surface area contributed by atoms with Gasteiger partial charge in [0, 0.05) is 32.1 Å². The van der Waals surface area contributed by atoms with E-state index in [1.165, 1.54) is 41.0 Å². The third kappa shape index (κ3) is 7.88. The van der Waals surface area contributed by atoms with Crippen molar-refractivity contribution in [2.75, 3.05) is 37.7 Å². The zero-order chi connectivity index (χ0) is 27.8. The smallest absolute Gasteiger partial charge is 0.296 e. The van der Waals surface area contributed by atoms with Crippen LogP contribution < -0.4 is 4.90 Å². The summed E-state index contributed by atoms with van der Waals surface area (Å²) in [5.41, 5.74) is 1.12. The van der Waals surface area contributed by atoms with Crippen molar-refractivity contribution >= 4 is 35.6 Å². The number of carbonyl (C=O) groups excluding carboxylic acids is 1.